The van der Waals surface area contributed by atoms with Crippen LogP contribution in [0.3, 0.4) is 0 Å². The molecule has 0 aliphatic rings. The molecule has 0 atom stereocenters. The number of benzene rings is 4. The van der Waals surface area contributed by atoms with Gasteiger partial charge in [-0.1, -0.05) is 85.8 Å². The molecular formula is C22H18. The van der Waals surface area contributed by atoms with Gasteiger partial charge in [0.15, 0.2) is 0 Å². The fourth-order valence-corrected chi connectivity index (χ4v) is 3.52. The maximum absolute atomic E-state index is 2.26. The van der Waals surface area contributed by atoms with E-state index < -0.39 is 0 Å². The van der Waals surface area contributed by atoms with Crippen molar-refractivity contribution in [3.63, 3.8) is 0 Å². The fourth-order valence-electron chi connectivity index (χ4n) is 3.52. The number of aryl methyl sites for hydroxylation is 1. The third kappa shape index (κ3) is 1.92. The van der Waals surface area contributed by atoms with Crippen LogP contribution in [0.5, 0.6) is 0 Å². The van der Waals surface area contributed by atoms with Crippen molar-refractivity contribution < 1.29 is 0 Å². The minimum absolute atomic E-state index is 1.04. The standard InChI is InChI=1S/C22H18/c1-2-17-18-12-6-7-13-19(18)20-14-8-9-15-21(20)22(17)16-10-4-3-5-11-16/h3-15H,2H2,1H3. The van der Waals surface area contributed by atoms with Crippen LogP contribution in [0.1, 0.15) is 12.5 Å². The second kappa shape index (κ2) is 5.31. The van der Waals surface area contributed by atoms with E-state index in [2.05, 4.69) is 85.8 Å². The second-order valence-corrected chi connectivity index (χ2v) is 5.66. The fraction of sp³-hybridized carbons (Fsp3) is 0.0909. The molecule has 0 heterocycles. The summed E-state index contributed by atoms with van der Waals surface area (Å²) >= 11 is 0. The zero-order valence-corrected chi connectivity index (χ0v) is 12.7. The summed E-state index contributed by atoms with van der Waals surface area (Å²) < 4.78 is 0. The van der Waals surface area contributed by atoms with Crippen LogP contribution in [-0.4, -0.2) is 0 Å². The van der Waals surface area contributed by atoms with E-state index in [0.29, 0.717) is 0 Å². The summed E-state index contributed by atoms with van der Waals surface area (Å²) in [5.41, 5.74) is 4.14. The van der Waals surface area contributed by atoms with E-state index in [1.807, 2.05) is 0 Å². The topological polar surface area (TPSA) is 0 Å². The molecule has 0 radical (unpaired) electrons. The van der Waals surface area contributed by atoms with Gasteiger partial charge in [-0.2, -0.15) is 0 Å². The predicted molar refractivity (Wildman–Crippen MR) is 96.3 cm³/mol. The molecule has 0 heteroatoms. The average Bonchev–Trinajstić information content (AvgIpc) is 2.61. The summed E-state index contributed by atoms with van der Waals surface area (Å²) in [4.78, 5) is 0. The highest BCUT2D eigenvalue weighted by Crippen LogP contribution is 2.39. The first-order chi connectivity index (χ1) is 10.9. The van der Waals surface area contributed by atoms with Crippen molar-refractivity contribution in [2.45, 2.75) is 13.3 Å². The monoisotopic (exact) mass is 282 g/mol. The lowest BCUT2D eigenvalue weighted by Gasteiger charge is -2.17. The first kappa shape index (κ1) is 13.1. The molecule has 0 fully saturated rings. The third-order valence-corrected chi connectivity index (χ3v) is 4.46. The Morgan fingerprint density at radius 3 is 1.68 bits per heavy atom. The summed E-state index contributed by atoms with van der Waals surface area (Å²) in [6.07, 6.45) is 1.04. The summed E-state index contributed by atoms with van der Waals surface area (Å²) in [6.45, 7) is 2.25. The molecule has 0 saturated heterocycles. The van der Waals surface area contributed by atoms with Gasteiger partial charge in [-0.15, -0.1) is 0 Å². The number of hydrogen-bond acceptors (Lipinski definition) is 0. The van der Waals surface area contributed by atoms with Crippen LogP contribution < -0.4 is 0 Å². The number of hydrogen-bond donors (Lipinski definition) is 0. The molecule has 0 aliphatic carbocycles. The minimum atomic E-state index is 1.04. The van der Waals surface area contributed by atoms with Crippen LogP contribution >= 0.6 is 0 Å². The lowest BCUT2D eigenvalue weighted by molar-refractivity contribution is 1.17. The SMILES string of the molecule is CCc1c(-c2ccccc2)c2ccccc2c2ccccc12. The molecule has 4 rings (SSSR count). The van der Waals surface area contributed by atoms with E-state index in [-0.39, 0.29) is 0 Å². The van der Waals surface area contributed by atoms with Crippen molar-refractivity contribution in [1.29, 1.82) is 0 Å². The van der Waals surface area contributed by atoms with Gasteiger partial charge in [0.1, 0.15) is 0 Å². The van der Waals surface area contributed by atoms with Crippen LogP contribution in [-0.2, 0) is 6.42 Å². The smallest absolute Gasteiger partial charge is 0.00670 e. The van der Waals surface area contributed by atoms with Gasteiger partial charge in [-0.25, -0.2) is 0 Å². The highest BCUT2D eigenvalue weighted by molar-refractivity contribution is 6.15. The zero-order chi connectivity index (χ0) is 14.9. The van der Waals surface area contributed by atoms with Crippen molar-refractivity contribution >= 4 is 21.5 Å². The number of fused-ring (bicyclic) bond motifs is 3. The maximum Gasteiger partial charge on any atom is -0.00670 e. The van der Waals surface area contributed by atoms with E-state index in [9.17, 15) is 0 Å². The van der Waals surface area contributed by atoms with Gasteiger partial charge in [0.05, 0.1) is 0 Å². The normalized spacial score (nSPS) is 11.1. The molecule has 0 saturated carbocycles. The Kier molecular flexibility index (Phi) is 3.16. The van der Waals surface area contributed by atoms with Crippen molar-refractivity contribution in [3.8, 4) is 11.1 Å². The highest BCUT2D eigenvalue weighted by Gasteiger charge is 2.13. The van der Waals surface area contributed by atoms with Crippen LogP contribution in [0, 0.1) is 0 Å². The molecule has 0 aliphatic heterocycles. The van der Waals surface area contributed by atoms with Gasteiger partial charge >= 0.3 is 0 Å². The Morgan fingerprint density at radius 2 is 1.05 bits per heavy atom. The van der Waals surface area contributed by atoms with E-state index in [1.54, 1.807) is 0 Å². The lowest BCUT2D eigenvalue weighted by Crippen LogP contribution is -1.93. The van der Waals surface area contributed by atoms with Crippen molar-refractivity contribution in [1.82, 2.24) is 0 Å². The first-order valence-corrected chi connectivity index (χ1v) is 7.88. The molecule has 0 N–H and O–H groups in total. The van der Waals surface area contributed by atoms with Crippen molar-refractivity contribution in [2.75, 3.05) is 0 Å². The van der Waals surface area contributed by atoms with Crippen LogP contribution in [0.2, 0.25) is 0 Å². The maximum atomic E-state index is 2.26. The Balaban J connectivity index is 2.26. The third-order valence-electron chi connectivity index (χ3n) is 4.46. The lowest BCUT2D eigenvalue weighted by atomic mass is 9.87. The zero-order valence-electron chi connectivity index (χ0n) is 12.7. The Morgan fingerprint density at radius 1 is 0.545 bits per heavy atom. The molecule has 0 nitrogen and oxygen atoms in total. The van der Waals surface area contributed by atoms with E-state index in [1.165, 1.54) is 38.2 Å². The molecule has 0 amide bonds. The van der Waals surface area contributed by atoms with Gasteiger partial charge in [-0.05, 0) is 44.7 Å². The van der Waals surface area contributed by atoms with E-state index in [0.717, 1.165) is 6.42 Å². The quantitative estimate of drug-likeness (QED) is 0.383. The van der Waals surface area contributed by atoms with Crippen LogP contribution in [0.25, 0.3) is 32.7 Å². The minimum Gasteiger partial charge on any atom is -0.0622 e. The molecule has 4 aromatic carbocycles. The van der Waals surface area contributed by atoms with E-state index >= 15 is 0 Å². The van der Waals surface area contributed by atoms with Gasteiger partial charge < -0.3 is 0 Å². The number of rotatable bonds is 2. The second-order valence-electron chi connectivity index (χ2n) is 5.66. The molecule has 22 heavy (non-hydrogen) atoms. The van der Waals surface area contributed by atoms with Crippen molar-refractivity contribution in [2.24, 2.45) is 0 Å². The largest absolute Gasteiger partial charge is 0.0622 e. The van der Waals surface area contributed by atoms with Gasteiger partial charge in [0.2, 0.25) is 0 Å². The van der Waals surface area contributed by atoms with E-state index in [4.69, 9.17) is 0 Å². The molecule has 0 aromatic heterocycles. The van der Waals surface area contributed by atoms with Crippen LogP contribution in [0.4, 0.5) is 0 Å². The summed E-state index contributed by atoms with van der Waals surface area (Å²) in [5.74, 6) is 0. The molecule has 0 spiro atoms. The van der Waals surface area contributed by atoms with Crippen molar-refractivity contribution in [3.05, 3.63) is 84.4 Å². The summed E-state index contributed by atoms with van der Waals surface area (Å²) in [5, 5.41) is 5.43. The molecule has 0 bridgehead atoms. The Bertz CT molecular complexity index is 949. The first-order valence-electron chi connectivity index (χ1n) is 7.88. The molecule has 4 aromatic rings. The summed E-state index contributed by atoms with van der Waals surface area (Å²) in [7, 11) is 0. The van der Waals surface area contributed by atoms with Gasteiger partial charge in [0, 0.05) is 0 Å². The molecule has 0 unspecified atom stereocenters. The van der Waals surface area contributed by atoms with Gasteiger partial charge in [-0.3, -0.25) is 0 Å². The predicted octanol–water partition coefficient (Wildman–Crippen LogP) is 6.22. The van der Waals surface area contributed by atoms with Crippen LogP contribution in [0.15, 0.2) is 78.9 Å². The van der Waals surface area contributed by atoms with Gasteiger partial charge in [0.25, 0.3) is 0 Å². The summed E-state index contributed by atoms with van der Waals surface area (Å²) in [6, 6.07) is 28.3. The average molecular weight is 282 g/mol. The molecule has 106 valence electrons. The Hall–Kier alpha value is -2.60. The molecular weight excluding hydrogens is 264 g/mol. The Labute approximate surface area is 131 Å². The highest BCUT2D eigenvalue weighted by atomic mass is 14.2.